The van der Waals surface area contributed by atoms with Crippen molar-refractivity contribution in [1.82, 2.24) is 0 Å². The van der Waals surface area contributed by atoms with Crippen molar-refractivity contribution in [2.45, 2.75) is 39.1 Å². The molecule has 12 nitrogen and oxygen atoms in total. The summed E-state index contributed by atoms with van der Waals surface area (Å²) in [5.74, 6) is -4.31. The largest absolute Gasteiger partial charge is 3.00 e. The Morgan fingerprint density at radius 2 is 0.652 bits per heavy atom. The van der Waals surface area contributed by atoms with Crippen molar-refractivity contribution in [3.05, 3.63) is 0 Å². The van der Waals surface area contributed by atoms with E-state index >= 15 is 0 Å². The maximum absolute atomic E-state index is 9.34. The van der Waals surface area contributed by atoms with Gasteiger partial charge in [0.1, 0.15) is 0 Å². The number of carboxylic acid groups (broad SMARTS) is 3. The van der Waals surface area contributed by atoms with Gasteiger partial charge in [0.15, 0.2) is 0 Å². The molecular weight excluding hydrogens is 354 g/mol. The normalized spacial score (nSPS) is 10.7. The quantitative estimate of drug-likeness (QED) is 0.390. The van der Waals surface area contributed by atoms with Crippen LogP contribution < -0.4 is 15.3 Å². The molecule has 0 amide bonds. The zero-order valence-corrected chi connectivity index (χ0v) is 14.8. The molecule has 0 saturated carbocycles. The van der Waals surface area contributed by atoms with E-state index in [2.05, 4.69) is 0 Å². The van der Waals surface area contributed by atoms with Crippen LogP contribution in [0.15, 0.2) is 0 Å². The first kappa shape index (κ1) is 49.5. The van der Waals surface area contributed by atoms with Crippen molar-refractivity contribution in [3.63, 3.8) is 0 Å². The van der Waals surface area contributed by atoms with Gasteiger partial charge in [0.05, 0.1) is 36.2 Å². The molecule has 23 heavy (non-hydrogen) atoms. The van der Waals surface area contributed by atoms with E-state index in [9.17, 15) is 29.7 Å². The summed E-state index contributed by atoms with van der Waals surface area (Å²) in [6, 6.07) is 0. The van der Waals surface area contributed by atoms with E-state index in [4.69, 9.17) is 15.3 Å². The van der Waals surface area contributed by atoms with Gasteiger partial charge in [-0.2, -0.15) is 0 Å². The van der Waals surface area contributed by atoms with Crippen LogP contribution in [0.4, 0.5) is 0 Å². The first-order valence-corrected chi connectivity index (χ1v) is 4.60. The third-order valence-electron chi connectivity index (χ3n) is 1.02. The Labute approximate surface area is 153 Å². The Morgan fingerprint density at radius 1 is 0.609 bits per heavy atom. The van der Waals surface area contributed by atoms with Crippen LogP contribution in [0.1, 0.15) is 20.8 Å². The minimum atomic E-state index is -1.44. The van der Waals surface area contributed by atoms with Crippen LogP contribution in [0.5, 0.6) is 0 Å². The summed E-state index contributed by atoms with van der Waals surface area (Å²) in [6.07, 6.45) is -4.03. The second-order valence-corrected chi connectivity index (χ2v) is 2.99. The average molecular weight is 372 g/mol. The number of rotatable bonds is 3. The van der Waals surface area contributed by atoms with Gasteiger partial charge in [0.25, 0.3) is 0 Å². The number of carboxylic acids is 3. The van der Waals surface area contributed by atoms with Gasteiger partial charge in [0.2, 0.25) is 0 Å². The standard InChI is InChI=1S/3C3H6O3.2Al.3H2O/c3*1-2(4)3(5)6;;;;;/h3*2,4H,1H3,(H,5,6);;;3*1H2/q;;;2*+3;;;/p-6. The average Bonchev–Trinajstić information content (AvgIpc) is 2.18. The molecule has 0 bridgehead atoms. The molecule has 3 unspecified atom stereocenters. The van der Waals surface area contributed by atoms with E-state index in [1.807, 2.05) is 0 Å². The third kappa shape index (κ3) is 62.2. The summed E-state index contributed by atoms with van der Waals surface area (Å²) >= 11 is 0. The number of aliphatic carboxylic acids is 3. The van der Waals surface area contributed by atoms with Crippen molar-refractivity contribution in [1.29, 1.82) is 0 Å². The molecule has 0 fully saturated rings. The Hall–Kier alpha value is -0.765. The number of hydrogen-bond donors (Lipinski definition) is 3. The molecule has 0 aromatic heterocycles. The first-order chi connectivity index (χ1) is 7.93. The molecule has 0 saturated heterocycles. The topological polar surface area (TPSA) is 271 Å². The molecule has 0 radical (unpaired) electrons. The van der Waals surface area contributed by atoms with E-state index in [1.165, 1.54) is 0 Å². The summed E-state index contributed by atoms with van der Waals surface area (Å²) < 4.78 is 0. The second kappa shape index (κ2) is 29.3. The van der Waals surface area contributed by atoms with Crippen LogP contribution in [0.3, 0.4) is 0 Å². The van der Waals surface area contributed by atoms with Gasteiger partial charge < -0.3 is 61.5 Å². The fourth-order valence-electron chi connectivity index (χ4n) is 0. The number of aliphatic hydroxyl groups excluding tert-OH is 3. The maximum Gasteiger partial charge on any atom is 3.00 e. The Morgan fingerprint density at radius 3 is 0.652 bits per heavy atom. The van der Waals surface area contributed by atoms with Crippen molar-refractivity contribution in [3.8, 4) is 0 Å². The zero-order valence-electron chi connectivity index (χ0n) is 12.5. The van der Waals surface area contributed by atoms with Crippen LogP contribution in [0, 0.1) is 0 Å². The minimum absolute atomic E-state index is 0. The predicted octanol–water partition coefficient (Wildman–Crippen LogP) is -6.94. The number of carbonyl (C=O) groups is 3. The van der Waals surface area contributed by atoms with E-state index in [-0.39, 0.29) is 51.2 Å². The van der Waals surface area contributed by atoms with Gasteiger partial charge in [-0.15, -0.1) is 0 Å². The molecule has 3 atom stereocenters. The molecule has 0 heterocycles. The molecule has 0 spiro atoms. The predicted molar refractivity (Wildman–Crippen MR) is 67.4 cm³/mol. The molecule has 0 rings (SSSR count). The van der Waals surface area contributed by atoms with Gasteiger partial charge >= 0.3 is 34.7 Å². The molecule has 0 aliphatic carbocycles. The Bertz CT molecular complexity index is 226. The number of carbonyl (C=O) groups excluding carboxylic acids is 3. The maximum atomic E-state index is 9.34. The summed E-state index contributed by atoms with van der Waals surface area (Å²) in [7, 11) is 0. The van der Waals surface area contributed by atoms with E-state index < -0.39 is 36.2 Å². The van der Waals surface area contributed by atoms with Crippen LogP contribution >= 0.6 is 0 Å². The summed E-state index contributed by atoms with van der Waals surface area (Å²) in [5.41, 5.74) is 0. The SMILES string of the molecule is CC(O)C(=O)[O-].CC(O)C(=O)[O-].CC(O)C(=O)[O-].[Al+3].[Al+3].[OH-].[OH-].[OH-]. The van der Waals surface area contributed by atoms with Crippen LogP contribution in [-0.2, 0) is 14.4 Å². The smallest absolute Gasteiger partial charge is 0.870 e. The molecule has 6 N–H and O–H groups in total. The Balaban J connectivity index is -0.0000000221. The van der Waals surface area contributed by atoms with E-state index in [0.29, 0.717) is 0 Å². The molecule has 14 heteroatoms. The molecular formula is C9H18Al2O12. The summed E-state index contributed by atoms with van der Waals surface area (Å²) in [6.45, 7) is 3.40. The second-order valence-electron chi connectivity index (χ2n) is 2.99. The van der Waals surface area contributed by atoms with Crippen molar-refractivity contribution in [2.24, 2.45) is 0 Å². The monoisotopic (exact) mass is 372 g/mol. The van der Waals surface area contributed by atoms with Crippen molar-refractivity contribution >= 4 is 52.6 Å². The van der Waals surface area contributed by atoms with Gasteiger partial charge in [-0.1, -0.05) is 0 Å². The Kier molecular flexibility index (Phi) is 63.0. The number of hydrogen-bond acceptors (Lipinski definition) is 12. The van der Waals surface area contributed by atoms with Gasteiger partial charge in [-0.05, 0) is 20.8 Å². The van der Waals surface area contributed by atoms with E-state index in [0.717, 1.165) is 20.8 Å². The summed E-state index contributed by atoms with van der Waals surface area (Å²) in [5, 5.41) is 51.9. The van der Waals surface area contributed by atoms with Gasteiger partial charge in [-0.3, -0.25) is 0 Å². The molecule has 0 aromatic rings. The van der Waals surface area contributed by atoms with Crippen LogP contribution in [-0.4, -0.2) is 103 Å². The van der Waals surface area contributed by atoms with Crippen molar-refractivity contribution in [2.75, 3.05) is 0 Å². The summed E-state index contributed by atoms with van der Waals surface area (Å²) in [4.78, 5) is 28.0. The first-order valence-electron chi connectivity index (χ1n) is 4.60. The zero-order chi connectivity index (χ0) is 15.5. The van der Waals surface area contributed by atoms with Crippen LogP contribution in [0.25, 0.3) is 0 Å². The molecule has 132 valence electrons. The van der Waals surface area contributed by atoms with Gasteiger partial charge in [0, 0.05) is 0 Å². The van der Waals surface area contributed by atoms with Crippen molar-refractivity contribution < 1.29 is 61.5 Å². The van der Waals surface area contributed by atoms with E-state index in [1.54, 1.807) is 0 Å². The third-order valence-corrected chi connectivity index (χ3v) is 1.02. The molecule has 0 aliphatic rings. The fraction of sp³-hybridized carbons (Fsp3) is 0.667. The fourth-order valence-corrected chi connectivity index (χ4v) is 0. The number of aliphatic hydroxyl groups is 3. The van der Waals surface area contributed by atoms with Gasteiger partial charge in [-0.25, -0.2) is 0 Å². The van der Waals surface area contributed by atoms with Crippen LogP contribution in [0.2, 0.25) is 0 Å². The molecule has 0 aliphatic heterocycles. The molecule has 0 aromatic carbocycles. The minimum Gasteiger partial charge on any atom is -0.870 e.